The first-order valence-electron chi connectivity index (χ1n) is 6.24. The van der Waals surface area contributed by atoms with Gasteiger partial charge in [0.1, 0.15) is 9.71 Å². The van der Waals surface area contributed by atoms with Gasteiger partial charge in [-0.15, -0.1) is 22.7 Å². The molecule has 0 radical (unpaired) electrons. The summed E-state index contributed by atoms with van der Waals surface area (Å²) in [5, 5.41) is 11.5. The average Bonchev–Trinajstić information content (AvgIpc) is 2.99. The molecule has 0 aromatic carbocycles. The zero-order valence-electron chi connectivity index (χ0n) is 11.4. The highest BCUT2D eigenvalue weighted by Gasteiger charge is 2.15. The van der Waals surface area contributed by atoms with Gasteiger partial charge in [-0.1, -0.05) is 0 Å². The van der Waals surface area contributed by atoms with Crippen LogP contribution in [0, 0.1) is 13.8 Å². The van der Waals surface area contributed by atoms with Gasteiger partial charge in [-0.3, -0.25) is 9.36 Å². The molecule has 0 amide bonds. The molecule has 3 rings (SSSR count). The largest absolute Gasteiger partial charge is 0.477 e. The molecule has 0 spiro atoms. The number of aromatic nitrogens is 2. The minimum absolute atomic E-state index is 0.121. The minimum Gasteiger partial charge on any atom is -0.477 e. The number of hydrogen-bond acceptors (Lipinski definition) is 5. The summed E-state index contributed by atoms with van der Waals surface area (Å²) in [4.78, 5) is 30.1. The third-order valence-corrected chi connectivity index (χ3v) is 5.50. The molecule has 0 unspecified atom stereocenters. The van der Waals surface area contributed by atoms with Crippen LogP contribution in [-0.2, 0) is 6.54 Å². The highest BCUT2D eigenvalue weighted by Crippen LogP contribution is 2.25. The Bertz CT molecular complexity index is 905. The Hall–Kier alpha value is -1.99. The van der Waals surface area contributed by atoms with E-state index in [4.69, 9.17) is 5.11 Å². The number of aryl methyl sites for hydroxylation is 2. The van der Waals surface area contributed by atoms with Crippen molar-refractivity contribution in [2.75, 3.05) is 0 Å². The molecule has 0 fully saturated rings. The monoisotopic (exact) mass is 320 g/mol. The second-order valence-electron chi connectivity index (χ2n) is 4.72. The molecule has 3 aromatic rings. The van der Waals surface area contributed by atoms with Crippen LogP contribution in [0.3, 0.4) is 0 Å². The summed E-state index contributed by atoms with van der Waals surface area (Å²) in [6, 6.07) is 1.73. The molecule has 7 heteroatoms. The summed E-state index contributed by atoms with van der Waals surface area (Å²) < 4.78 is 1.47. The molecule has 3 aromatic heterocycles. The highest BCUT2D eigenvalue weighted by atomic mass is 32.1. The fourth-order valence-electron chi connectivity index (χ4n) is 2.21. The molecule has 0 bridgehead atoms. The van der Waals surface area contributed by atoms with E-state index in [2.05, 4.69) is 4.98 Å². The molecular formula is C14H12N2O3S2. The molecule has 0 aliphatic carbocycles. The van der Waals surface area contributed by atoms with Crippen molar-refractivity contribution >= 4 is 38.9 Å². The maximum absolute atomic E-state index is 12.6. The number of fused-ring (bicyclic) bond motifs is 1. The lowest BCUT2D eigenvalue weighted by molar-refractivity contribution is 0.0701. The standard InChI is InChI=1S/C14H12N2O3S2/c1-7-8(2)21-12-10(7)13(17)16(6-15-12)5-9-3-4-20-11(9)14(18)19/h3-4,6H,5H2,1-2H3,(H,18,19). The van der Waals surface area contributed by atoms with E-state index in [-0.39, 0.29) is 17.0 Å². The van der Waals surface area contributed by atoms with Gasteiger partial charge >= 0.3 is 5.97 Å². The molecule has 108 valence electrons. The topological polar surface area (TPSA) is 72.2 Å². The van der Waals surface area contributed by atoms with Gasteiger partial charge in [0.2, 0.25) is 0 Å². The Labute approximate surface area is 128 Å². The van der Waals surface area contributed by atoms with Crippen LogP contribution in [0.4, 0.5) is 0 Å². The molecule has 21 heavy (non-hydrogen) atoms. The van der Waals surface area contributed by atoms with Crippen LogP contribution >= 0.6 is 22.7 Å². The van der Waals surface area contributed by atoms with Crippen molar-refractivity contribution in [2.45, 2.75) is 20.4 Å². The van der Waals surface area contributed by atoms with Crippen LogP contribution < -0.4 is 5.56 Å². The van der Waals surface area contributed by atoms with Gasteiger partial charge in [-0.2, -0.15) is 0 Å². The Balaban J connectivity index is 2.11. The maximum Gasteiger partial charge on any atom is 0.346 e. The quantitative estimate of drug-likeness (QED) is 0.805. The number of rotatable bonds is 3. The summed E-state index contributed by atoms with van der Waals surface area (Å²) in [6.07, 6.45) is 1.49. The molecule has 0 aliphatic heterocycles. The molecular weight excluding hydrogens is 308 g/mol. The van der Waals surface area contributed by atoms with Crippen molar-refractivity contribution in [3.05, 3.63) is 49.0 Å². The minimum atomic E-state index is -0.968. The first kappa shape index (κ1) is 14.0. The smallest absolute Gasteiger partial charge is 0.346 e. The van der Waals surface area contributed by atoms with E-state index in [1.54, 1.807) is 11.4 Å². The molecule has 0 saturated carbocycles. The van der Waals surface area contributed by atoms with E-state index in [1.165, 1.54) is 22.2 Å². The third kappa shape index (κ3) is 2.28. The lowest BCUT2D eigenvalue weighted by Gasteiger charge is -2.05. The van der Waals surface area contributed by atoms with Gasteiger partial charge in [0.25, 0.3) is 5.56 Å². The number of nitrogens with zero attached hydrogens (tertiary/aromatic N) is 2. The van der Waals surface area contributed by atoms with E-state index in [0.29, 0.717) is 10.9 Å². The van der Waals surface area contributed by atoms with Crippen LogP contribution in [0.2, 0.25) is 0 Å². The SMILES string of the molecule is Cc1sc2ncn(Cc3ccsc3C(=O)O)c(=O)c2c1C. The van der Waals surface area contributed by atoms with Crippen molar-refractivity contribution < 1.29 is 9.90 Å². The second kappa shape index (κ2) is 5.09. The van der Waals surface area contributed by atoms with Gasteiger partial charge in [-0.05, 0) is 36.4 Å². The van der Waals surface area contributed by atoms with E-state index < -0.39 is 5.97 Å². The van der Waals surface area contributed by atoms with E-state index in [1.807, 2.05) is 13.8 Å². The van der Waals surface area contributed by atoms with Gasteiger partial charge in [-0.25, -0.2) is 9.78 Å². The maximum atomic E-state index is 12.6. The van der Waals surface area contributed by atoms with Crippen molar-refractivity contribution in [1.82, 2.24) is 9.55 Å². The Morgan fingerprint density at radius 1 is 1.43 bits per heavy atom. The molecule has 3 heterocycles. The van der Waals surface area contributed by atoms with Gasteiger partial charge in [0, 0.05) is 4.88 Å². The van der Waals surface area contributed by atoms with Gasteiger partial charge < -0.3 is 5.11 Å². The lowest BCUT2D eigenvalue weighted by atomic mass is 10.2. The van der Waals surface area contributed by atoms with Crippen molar-refractivity contribution in [1.29, 1.82) is 0 Å². The summed E-state index contributed by atoms with van der Waals surface area (Å²) in [6.45, 7) is 4.10. The summed E-state index contributed by atoms with van der Waals surface area (Å²) in [5.74, 6) is -0.968. The zero-order valence-corrected chi connectivity index (χ0v) is 13.0. The highest BCUT2D eigenvalue weighted by molar-refractivity contribution is 7.18. The van der Waals surface area contributed by atoms with Crippen molar-refractivity contribution in [3.8, 4) is 0 Å². The second-order valence-corrected chi connectivity index (χ2v) is 6.84. The molecule has 0 saturated heterocycles. The summed E-state index contributed by atoms with van der Waals surface area (Å²) >= 11 is 2.66. The number of carboxylic acid groups (broad SMARTS) is 1. The van der Waals surface area contributed by atoms with Gasteiger partial charge in [0.15, 0.2) is 0 Å². The number of aromatic carboxylic acids is 1. The fourth-order valence-corrected chi connectivity index (χ4v) is 3.95. The van der Waals surface area contributed by atoms with Crippen LogP contribution in [0.25, 0.3) is 10.2 Å². The van der Waals surface area contributed by atoms with E-state index in [0.717, 1.165) is 26.6 Å². The molecule has 0 atom stereocenters. The summed E-state index contributed by atoms with van der Waals surface area (Å²) in [7, 11) is 0. The Morgan fingerprint density at radius 2 is 2.19 bits per heavy atom. The fraction of sp³-hybridized carbons (Fsp3) is 0.214. The van der Waals surface area contributed by atoms with Gasteiger partial charge in [0.05, 0.1) is 18.3 Å². The van der Waals surface area contributed by atoms with E-state index in [9.17, 15) is 9.59 Å². The third-order valence-electron chi connectivity index (χ3n) is 3.44. The Kier molecular flexibility index (Phi) is 3.38. The predicted octanol–water partition coefficient (Wildman–Crippen LogP) is 2.88. The molecule has 0 aliphatic rings. The number of carboxylic acids is 1. The van der Waals surface area contributed by atoms with Crippen molar-refractivity contribution in [3.63, 3.8) is 0 Å². The van der Waals surface area contributed by atoms with Crippen molar-refractivity contribution in [2.24, 2.45) is 0 Å². The first-order chi connectivity index (χ1) is 9.99. The first-order valence-corrected chi connectivity index (χ1v) is 7.93. The normalized spacial score (nSPS) is 11.1. The lowest BCUT2D eigenvalue weighted by Crippen LogP contribution is -2.21. The Morgan fingerprint density at radius 3 is 2.90 bits per heavy atom. The van der Waals surface area contributed by atoms with E-state index >= 15 is 0 Å². The summed E-state index contributed by atoms with van der Waals surface area (Å²) in [5.41, 5.74) is 1.45. The number of hydrogen-bond donors (Lipinski definition) is 1. The van der Waals surface area contributed by atoms with Crippen LogP contribution in [-0.4, -0.2) is 20.6 Å². The number of carbonyl (C=O) groups is 1. The average molecular weight is 320 g/mol. The molecule has 1 N–H and O–H groups in total. The molecule has 5 nitrogen and oxygen atoms in total. The zero-order chi connectivity index (χ0) is 15.1. The number of thiophene rings is 2. The van der Waals surface area contributed by atoms with Crippen LogP contribution in [0.5, 0.6) is 0 Å². The predicted molar refractivity (Wildman–Crippen MR) is 83.7 cm³/mol. The van der Waals surface area contributed by atoms with Crippen LogP contribution in [0.15, 0.2) is 22.6 Å². The van der Waals surface area contributed by atoms with Crippen LogP contribution in [0.1, 0.15) is 25.7 Å².